The van der Waals surface area contributed by atoms with Crippen LogP contribution < -0.4 is 0 Å². The van der Waals surface area contributed by atoms with Gasteiger partial charge in [-0.2, -0.15) is 0 Å². The Bertz CT molecular complexity index is 1720. The maximum absolute atomic E-state index is 14.9. The molecule has 6 rings (SSSR count). The quantitative estimate of drug-likeness (QED) is 0.109. The van der Waals surface area contributed by atoms with Crippen LogP contribution in [0.25, 0.3) is 0 Å². The summed E-state index contributed by atoms with van der Waals surface area (Å²) in [5, 5.41) is 0. The molecule has 0 bridgehead atoms. The minimum Gasteiger partial charge on any atom is -0.444 e. The predicted molar refractivity (Wildman–Crippen MR) is 207 cm³/mol. The first-order valence-corrected chi connectivity index (χ1v) is 19.0. The van der Waals surface area contributed by atoms with Crippen molar-refractivity contribution in [1.82, 2.24) is 9.80 Å². The fourth-order valence-electron chi connectivity index (χ4n) is 6.78. The molecule has 1 aliphatic heterocycles. The van der Waals surface area contributed by atoms with Crippen molar-refractivity contribution < 1.29 is 33.3 Å². The zero-order valence-electron chi connectivity index (χ0n) is 31.8. The molecule has 9 nitrogen and oxygen atoms in total. The van der Waals surface area contributed by atoms with Crippen molar-refractivity contribution in [3.63, 3.8) is 0 Å². The number of benzene rings is 4. The SMILES string of the molecule is CC(C)(C)OC(=O)N1CCN(C(=O)[C@H](OCc2ccccc2)[C@@H](OCc2ccccc2)[C@H](OCc2ccccc2)C2(COCc3ccccc3)CC2)CC1. The van der Waals surface area contributed by atoms with E-state index in [4.69, 9.17) is 23.7 Å². The Balaban J connectivity index is 1.31. The summed E-state index contributed by atoms with van der Waals surface area (Å²) in [5.74, 6) is -0.192. The Morgan fingerprint density at radius 2 is 1.02 bits per heavy atom. The van der Waals surface area contributed by atoms with Gasteiger partial charge in [-0.25, -0.2) is 4.79 Å². The van der Waals surface area contributed by atoms with E-state index in [1.54, 1.807) is 9.80 Å². The monoisotopic (exact) mass is 734 g/mol. The van der Waals surface area contributed by atoms with E-state index in [2.05, 4.69) is 12.1 Å². The first-order valence-electron chi connectivity index (χ1n) is 19.0. The summed E-state index contributed by atoms with van der Waals surface area (Å²) in [6, 6.07) is 40.1. The van der Waals surface area contributed by atoms with Crippen molar-refractivity contribution in [1.29, 1.82) is 0 Å². The van der Waals surface area contributed by atoms with E-state index < -0.39 is 29.3 Å². The zero-order valence-corrected chi connectivity index (χ0v) is 31.8. The van der Waals surface area contributed by atoms with E-state index >= 15 is 0 Å². The number of rotatable bonds is 17. The maximum atomic E-state index is 14.9. The van der Waals surface area contributed by atoms with Crippen molar-refractivity contribution in [2.45, 2.75) is 84.0 Å². The van der Waals surface area contributed by atoms with Crippen molar-refractivity contribution in [2.24, 2.45) is 5.41 Å². The molecule has 1 aliphatic carbocycles. The normalized spacial score (nSPS) is 17.0. The van der Waals surface area contributed by atoms with Gasteiger partial charge in [0.2, 0.25) is 0 Å². The van der Waals surface area contributed by atoms with Crippen molar-refractivity contribution in [3.05, 3.63) is 144 Å². The summed E-state index contributed by atoms with van der Waals surface area (Å²) in [4.78, 5) is 31.3. The molecule has 0 N–H and O–H groups in total. The second-order valence-electron chi connectivity index (χ2n) is 15.3. The highest BCUT2D eigenvalue weighted by Crippen LogP contribution is 2.52. The smallest absolute Gasteiger partial charge is 0.410 e. The van der Waals surface area contributed by atoms with Crippen LogP contribution in [0.1, 0.15) is 55.9 Å². The van der Waals surface area contributed by atoms with Crippen molar-refractivity contribution in [2.75, 3.05) is 32.8 Å². The van der Waals surface area contributed by atoms with Crippen molar-refractivity contribution >= 4 is 12.0 Å². The fraction of sp³-hybridized carbons (Fsp3) is 0.422. The van der Waals surface area contributed by atoms with Crippen LogP contribution in [0.3, 0.4) is 0 Å². The molecule has 1 saturated carbocycles. The standard InChI is InChI=1S/C45H54N2O7/c1-44(2,3)54-43(49)47-28-26-46(27-29-47)42(48)40(52-32-37-20-12-6-13-21-37)39(51-31-36-18-10-5-11-19-36)41(53-33-38-22-14-7-15-23-38)45(24-25-45)34-50-30-35-16-8-4-9-17-35/h4-23,39-41H,24-34H2,1-3H3/t39-,40-,41+/m1/s1. The molecule has 2 amide bonds. The number of hydrogen-bond acceptors (Lipinski definition) is 7. The molecular weight excluding hydrogens is 681 g/mol. The molecule has 0 unspecified atom stereocenters. The second-order valence-corrected chi connectivity index (χ2v) is 15.3. The van der Waals surface area contributed by atoms with Gasteiger partial charge in [0.25, 0.3) is 5.91 Å². The molecule has 4 aromatic rings. The van der Waals surface area contributed by atoms with Crippen LogP contribution in [0, 0.1) is 5.41 Å². The molecule has 1 heterocycles. The third-order valence-corrected chi connectivity index (χ3v) is 9.91. The Labute approximate surface area is 320 Å². The lowest BCUT2D eigenvalue weighted by atomic mass is 9.90. The first-order chi connectivity index (χ1) is 26.2. The van der Waals surface area contributed by atoms with Gasteiger partial charge in [0.05, 0.1) is 39.1 Å². The first kappa shape index (κ1) is 39.2. The van der Waals surface area contributed by atoms with E-state index in [9.17, 15) is 9.59 Å². The van der Waals surface area contributed by atoms with Gasteiger partial charge in [0.15, 0.2) is 6.10 Å². The molecule has 4 aromatic carbocycles. The average Bonchev–Trinajstić information content (AvgIpc) is 3.98. The summed E-state index contributed by atoms with van der Waals surface area (Å²) in [6.45, 7) is 8.68. The molecule has 286 valence electrons. The number of amides is 2. The fourth-order valence-corrected chi connectivity index (χ4v) is 6.78. The van der Waals surface area contributed by atoms with E-state index in [-0.39, 0.29) is 25.2 Å². The minimum absolute atomic E-state index is 0.192. The molecule has 2 aliphatic rings. The Kier molecular flexibility index (Phi) is 13.5. The molecule has 1 saturated heterocycles. The van der Waals surface area contributed by atoms with Gasteiger partial charge in [-0.3, -0.25) is 4.79 Å². The van der Waals surface area contributed by atoms with E-state index in [1.807, 2.05) is 130 Å². The topological polar surface area (TPSA) is 86.8 Å². The van der Waals surface area contributed by atoms with Crippen LogP contribution in [0.4, 0.5) is 4.79 Å². The third-order valence-electron chi connectivity index (χ3n) is 9.91. The second kappa shape index (κ2) is 18.7. The number of carbonyl (C=O) groups is 2. The van der Waals surface area contributed by atoms with Crippen molar-refractivity contribution in [3.8, 4) is 0 Å². The average molecular weight is 735 g/mol. The highest BCUT2D eigenvalue weighted by molar-refractivity contribution is 5.82. The zero-order chi connectivity index (χ0) is 37.8. The lowest BCUT2D eigenvalue weighted by Gasteiger charge is -2.41. The third kappa shape index (κ3) is 11.2. The predicted octanol–water partition coefficient (Wildman–Crippen LogP) is 7.82. The summed E-state index contributed by atoms with van der Waals surface area (Å²) in [7, 11) is 0. The molecule has 0 radical (unpaired) electrons. The number of nitrogens with zero attached hydrogens (tertiary/aromatic N) is 2. The molecule has 54 heavy (non-hydrogen) atoms. The highest BCUT2D eigenvalue weighted by atomic mass is 16.6. The van der Waals surface area contributed by atoms with Gasteiger partial charge < -0.3 is 33.5 Å². The van der Waals surface area contributed by atoms with Crippen LogP contribution in [0.5, 0.6) is 0 Å². The van der Waals surface area contributed by atoms with E-state index in [0.29, 0.717) is 46.0 Å². The van der Waals surface area contributed by atoms with E-state index in [0.717, 1.165) is 35.1 Å². The van der Waals surface area contributed by atoms with Gasteiger partial charge in [0.1, 0.15) is 11.7 Å². The number of piperazine rings is 1. The lowest BCUT2D eigenvalue weighted by molar-refractivity contribution is -0.191. The van der Waals surface area contributed by atoms with Gasteiger partial charge in [-0.05, 0) is 55.9 Å². The maximum Gasteiger partial charge on any atom is 0.410 e. The van der Waals surface area contributed by atoms with Gasteiger partial charge in [0, 0.05) is 31.6 Å². The summed E-state index contributed by atoms with van der Waals surface area (Å²) in [5.41, 5.74) is 3.04. The molecule has 2 fully saturated rings. The summed E-state index contributed by atoms with van der Waals surface area (Å²) in [6.07, 6.45) is -0.978. The molecular formula is C45H54N2O7. The van der Waals surface area contributed by atoms with Gasteiger partial charge in [-0.15, -0.1) is 0 Å². The minimum atomic E-state index is -1.01. The Hall–Kier alpha value is -4.54. The molecule has 0 aromatic heterocycles. The summed E-state index contributed by atoms with van der Waals surface area (Å²) >= 11 is 0. The highest BCUT2D eigenvalue weighted by Gasteiger charge is 2.57. The number of ether oxygens (including phenoxy) is 5. The molecule has 0 spiro atoms. The van der Waals surface area contributed by atoms with Crippen LogP contribution in [0.15, 0.2) is 121 Å². The van der Waals surface area contributed by atoms with Crippen LogP contribution in [-0.2, 0) is 54.9 Å². The number of hydrogen-bond donors (Lipinski definition) is 0. The molecule has 9 heteroatoms. The largest absolute Gasteiger partial charge is 0.444 e. The Morgan fingerprint density at radius 3 is 1.48 bits per heavy atom. The van der Waals surface area contributed by atoms with E-state index in [1.165, 1.54) is 0 Å². The van der Waals surface area contributed by atoms with Gasteiger partial charge in [-0.1, -0.05) is 121 Å². The lowest BCUT2D eigenvalue weighted by Crippen LogP contribution is -2.58. The molecule has 3 atom stereocenters. The van der Waals surface area contributed by atoms with Gasteiger partial charge >= 0.3 is 6.09 Å². The summed E-state index contributed by atoms with van der Waals surface area (Å²) < 4.78 is 32.6. The van der Waals surface area contributed by atoms with Crippen LogP contribution in [-0.4, -0.2) is 78.5 Å². The van der Waals surface area contributed by atoms with Crippen LogP contribution in [0.2, 0.25) is 0 Å². The number of carbonyl (C=O) groups excluding carboxylic acids is 2. The Morgan fingerprint density at radius 1 is 0.593 bits per heavy atom. The van der Waals surface area contributed by atoms with Crippen LogP contribution >= 0.6 is 0 Å².